The Morgan fingerprint density at radius 2 is 1.15 bits per heavy atom. The number of hydrogen-bond donors (Lipinski definition) is 2. The molecule has 2 heterocycles. The lowest BCUT2D eigenvalue weighted by molar-refractivity contribution is -0.121. The molecule has 132 valence electrons. The highest BCUT2D eigenvalue weighted by Crippen LogP contribution is 2.16. The van der Waals surface area contributed by atoms with Crippen LogP contribution in [0.1, 0.15) is 17.8 Å². The number of rotatable bonds is 6. The molecule has 0 amide bonds. The standard InChI is InChI=1S/C23H18N2O2/c26-20(11-9-18-13-16-5-1-3-7-22(16)24-18)15-21(27)12-10-19-14-17-6-2-4-8-23(17)25-19/h1-14,24-25H,15H2. The highest BCUT2D eigenvalue weighted by molar-refractivity contribution is 6.11. The van der Waals surface area contributed by atoms with Gasteiger partial charge < -0.3 is 9.97 Å². The summed E-state index contributed by atoms with van der Waals surface area (Å²) in [6.07, 6.45) is 6.15. The van der Waals surface area contributed by atoms with Crippen LogP contribution < -0.4 is 0 Å². The van der Waals surface area contributed by atoms with Gasteiger partial charge in [-0.1, -0.05) is 36.4 Å². The van der Waals surface area contributed by atoms with E-state index in [0.29, 0.717) is 0 Å². The number of para-hydroxylation sites is 2. The fourth-order valence-corrected chi connectivity index (χ4v) is 3.03. The lowest BCUT2D eigenvalue weighted by atomic mass is 10.1. The molecule has 0 unspecified atom stereocenters. The topological polar surface area (TPSA) is 65.7 Å². The van der Waals surface area contributed by atoms with Gasteiger partial charge in [0.15, 0.2) is 11.6 Å². The molecule has 2 N–H and O–H groups in total. The largest absolute Gasteiger partial charge is 0.355 e. The Morgan fingerprint density at radius 3 is 1.59 bits per heavy atom. The van der Waals surface area contributed by atoms with Crippen molar-refractivity contribution in [3.05, 3.63) is 84.2 Å². The van der Waals surface area contributed by atoms with E-state index in [1.807, 2.05) is 60.7 Å². The van der Waals surface area contributed by atoms with Gasteiger partial charge in [0.05, 0.1) is 6.42 Å². The molecule has 0 atom stereocenters. The smallest absolute Gasteiger partial charge is 0.163 e. The van der Waals surface area contributed by atoms with Crippen LogP contribution in [0.15, 0.2) is 72.8 Å². The predicted molar refractivity (Wildman–Crippen MR) is 109 cm³/mol. The highest BCUT2D eigenvalue weighted by atomic mass is 16.1. The number of nitrogens with one attached hydrogen (secondary N) is 2. The van der Waals surface area contributed by atoms with E-state index in [0.717, 1.165) is 33.2 Å². The number of H-pyrrole nitrogens is 2. The zero-order chi connectivity index (χ0) is 18.6. The van der Waals surface area contributed by atoms with Gasteiger partial charge in [0.2, 0.25) is 0 Å². The first-order valence-electron chi connectivity index (χ1n) is 8.75. The fourth-order valence-electron chi connectivity index (χ4n) is 3.03. The summed E-state index contributed by atoms with van der Waals surface area (Å²) in [6, 6.07) is 19.7. The molecule has 0 saturated heterocycles. The Labute approximate surface area is 156 Å². The molecule has 0 bridgehead atoms. The summed E-state index contributed by atoms with van der Waals surface area (Å²) in [6.45, 7) is 0. The number of allylic oxidation sites excluding steroid dienone is 2. The predicted octanol–water partition coefficient (Wildman–Crippen LogP) is 4.90. The number of carbonyl (C=O) groups is 2. The third-order valence-corrected chi connectivity index (χ3v) is 4.35. The van der Waals surface area contributed by atoms with Crippen LogP contribution in [0.3, 0.4) is 0 Å². The van der Waals surface area contributed by atoms with Gasteiger partial charge >= 0.3 is 0 Å². The summed E-state index contributed by atoms with van der Waals surface area (Å²) in [5, 5.41) is 2.17. The average molecular weight is 354 g/mol. The number of hydrogen-bond acceptors (Lipinski definition) is 2. The zero-order valence-corrected chi connectivity index (χ0v) is 14.6. The summed E-state index contributed by atoms with van der Waals surface area (Å²) < 4.78 is 0. The molecule has 0 spiro atoms. The van der Waals surface area contributed by atoms with E-state index in [-0.39, 0.29) is 18.0 Å². The minimum Gasteiger partial charge on any atom is -0.355 e. The Balaban J connectivity index is 1.37. The van der Waals surface area contributed by atoms with Crippen molar-refractivity contribution < 1.29 is 9.59 Å². The van der Waals surface area contributed by atoms with Crippen molar-refractivity contribution in [2.75, 3.05) is 0 Å². The first kappa shape index (κ1) is 16.8. The van der Waals surface area contributed by atoms with Crippen molar-refractivity contribution in [2.45, 2.75) is 6.42 Å². The summed E-state index contributed by atoms with van der Waals surface area (Å²) in [4.78, 5) is 30.5. The molecule has 2 aromatic carbocycles. The van der Waals surface area contributed by atoms with E-state index < -0.39 is 0 Å². The van der Waals surface area contributed by atoms with Crippen molar-refractivity contribution >= 4 is 45.5 Å². The van der Waals surface area contributed by atoms with Crippen molar-refractivity contribution in [1.29, 1.82) is 0 Å². The molecule has 4 nitrogen and oxygen atoms in total. The van der Waals surface area contributed by atoms with E-state index in [1.54, 1.807) is 12.2 Å². The minimum absolute atomic E-state index is 0.145. The maximum atomic E-state index is 12.0. The zero-order valence-electron chi connectivity index (χ0n) is 14.6. The van der Waals surface area contributed by atoms with E-state index in [2.05, 4.69) is 9.97 Å². The Morgan fingerprint density at radius 1 is 0.704 bits per heavy atom. The fraction of sp³-hybridized carbons (Fsp3) is 0.0435. The van der Waals surface area contributed by atoms with Gasteiger partial charge in [0, 0.05) is 22.4 Å². The lowest BCUT2D eigenvalue weighted by Gasteiger charge is -1.91. The first-order chi connectivity index (χ1) is 13.2. The molecule has 0 aliphatic heterocycles. The van der Waals surface area contributed by atoms with Gasteiger partial charge in [-0.2, -0.15) is 0 Å². The second-order valence-corrected chi connectivity index (χ2v) is 6.40. The molecule has 4 aromatic rings. The summed E-state index contributed by atoms with van der Waals surface area (Å²) in [5.74, 6) is -0.445. The maximum absolute atomic E-state index is 12.0. The molecule has 4 heteroatoms. The number of aromatic nitrogens is 2. The quantitative estimate of drug-likeness (QED) is 0.382. The Bertz CT molecular complexity index is 1030. The second kappa shape index (κ2) is 7.30. The molecule has 2 aromatic heterocycles. The van der Waals surface area contributed by atoms with Crippen LogP contribution >= 0.6 is 0 Å². The molecular weight excluding hydrogens is 336 g/mol. The van der Waals surface area contributed by atoms with E-state index >= 15 is 0 Å². The Hall–Kier alpha value is -3.66. The number of aromatic amines is 2. The summed E-state index contributed by atoms with van der Waals surface area (Å²) in [5.41, 5.74) is 3.71. The van der Waals surface area contributed by atoms with Crippen molar-refractivity contribution in [1.82, 2.24) is 9.97 Å². The molecule has 0 saturated carbocycles. The van der Waals surface area contributed by atoms with Crippen LogP contribution in [0.5, 0.6) is 0 Å². The van der Waals surface area contributed by atoms with Gasteiger partial charge in [-0.25, -0.2) is 0 Å². The monoisotopic (exact) mass is 354 g/mol. The first-order valence-corrected chi connectivity index (χ1v) is 8.75. The van der Waals surface area contributed by atoms with Crippen LogP contribution in [-0.2, 0) is 9.59 Å². The van der Waals surface area contributed by atoms with Crippen LogP contribution in [0, 0.1) is 0 Å². The normalized spacial score (nSPS) is 11.9. The van der Waals surface area contributed by atoms with Gasteiger partial charge in [0.1, 0.15) is 0 Å². The second-order valence-electron chi connectivity index (χ2n) is 6.40. The van der Waals surface area contributed by atoms with E-state index in [4.69, 9.17) is 0 Å². The van der Waals surface area contributed by atoms with Crippen LogP contribution in [0.2, 0.25) is 0 Å². The number of carbonyl (C=O) groups excluding carboxylic acids is 2. The summed E-state index contributed by atoms with van der Waals surface area (Å²) in [7, 11) is 0. The van der Waals surface area contributed by atoms with E-state index in [9.17, 15) is 9.59 Å². The summed E-state index contributed by atoms with van der Waals surface area (Å²) >= 11 is 0. The van der Waals surface area contributed by atoms with E-state index in [1.165, 1.54) is 12.2 Å². The molecule has 0 fully saturated rings. The van der Waals surface area contributed by atoms with Crippen LogP contribution in [0.25, 0.3) is 34.0 Å². The van der Waals surface area contributed by atoms with Gasteiger partial charge in [-0.3, -0.25) is 9.59 Å². The number of benzene rings is 2. The molecule has 0 radical (unpaired) electrons. The van der Waals surface area contributed by atoms with Crippen molar-refractivity contribution in [2.24, 2.45) is 0 Å². The molecule has 4 rings (SSSR count). The minimum atomic E-state index is -0.222. The van der Waals surface area contributed by atoms with Crippen LogP contribution in [0.4, 0.5) is 0 Å². The third-order valence-electron chi connectivity index (χ3n) is 4.35. The maximum Gasteiger partial charge on any atom is 0.163 e. The van der Waals surface area contributed by atoms with Crippen molar-refractivity contribution in [3.63, 3.8) is 0 Å². The van der Waals surface area contributed by atoms with Crippen molar-refractivity contribution in [3.8, 4) is 0 Å². The molecular formula is C23H18N2O2. The van der Waals surface area contributed by atoms with Gasteiger partial charge in [0.25, 0.3) is 0 Å². The molecule has 0 aliphatic carbocycles. The Kier molecular flexibility index (Phi) is 4.54. The lowest BCUT2D eigenvalue weighted by Crippen LogP contribution is -2.01. The molecule has 27 heavy (non-hydrogen) atoms. The number of fused-ring (bicyclic) bond motifs is 2. The van der Waals surface area contributed by atoms with Gasteiger partial charge in [-0.05, 0) is 59.3 Å². The van der Waals surface area contributed by atoms with Gasteiger partial charge in [-0.15, -0.1) is 0 Å². The molecule has 0 aliphatic rings. The number of ketones is 2. The van der Waals surface area contributed by atoms with Crippen LogP contribution in [-0.4, -0.2) is 21.5 Å². The highest BCUT2D eigenvalue weighted by Gasteiger charge is 2.05. The SMILES string of the molecule is O=C(C=Cc1cc2ccccc2[nH]1)CC(=O)C=Cc1cc2ccccc2[nH]1. The third kappa shape index (κ3) is 3.96. The average Bonchev–Trinajstić information content (AvgIpc) is 3.27.